The molecule has 0 aliphatic carbocycles. The van der Waals surface area contributed by atoms with Crippen molar-refractivity contribution in [3.8, 4) is 0 Å². The maximum absolute atomic E-state index is 10.8. The van der Waals surface area contributed by atoms with Crippen LogP contribution in [0, 0.1) is 0 Å². The molecule has 0 spiro atoms. The molecule has 0 atom stereocenters. The number of carbonyl (C=O) groups is 1. The minimum absolute atomic E-state index is 0.226. The topological polar surface area (TPSA) is 50.8 Å². The molecule has 1 aliphatic rings. The Labute approximate surface area is 106 Å². The van der Waals surface area contributed by atoms with Gasteiger partial charge >= 0.3 is 0 Å². The fraction of sp³-hybridized carbons (Fsp3) is 0.417. The zero-order chi connectivity index (χ0) is 12.3. The Kier molecular flexibility index (Phi) is 3.86. The molecule has 1 aromatic rings. The van der Waals surface area contributed by atoms with E-state index in [2.05, 4.69) is 11.0 Å². The molecule has 1 heterocycles. The fourth-order valence-corrected chi connectivity index (χ4v) is 2.36. The molecule has 0 saturated carbocycles. The predicted molar refractivity (Wildman–Crippen MR) is 68.4 cm³/mol. The molecular formula is C12H17ClN3O+. The Balaban J connectivity index is 1.93. The second-order valence-electron chi connectivity index (χ2n) is 4.36. The summed E-state index contributed by atoms with van der Waals surface area (Å²) in [5.74, 6) is -0.226. The second-order valence-corrected chi connectivity index (χ2v) is 4.80. The highest BCUT2D eigenvalue weighted by Crippen LogP contribution is 2.19. The lowest BCUT2D eigenvalue weighted by Crippen LogP contribution is -3.15. The third kappa shape index (κ3) is 3.35. The van der Waals surface area contributed by atoms with Crippen LogP contribution in [-0.4, -0.2) is 38.6 Å². The average Bonchev–Trinajstić information content (AvgIpc) is 2.29. The van der Waals surface area contributed by atoms with E-state index in [1.165, 1.54) is 4.90 Å². The van der Waals surface area contributed by atoms with Crippen molar-refractivity contribution in [1.82, 2.24) is 0 Å². The van der Waals surface area contributed by atoms with Crippen molar-refractivity contribution >= 4 is 23.2 Å². The molecule has 0 radical (unpaired) electrons. The molecule has 5 heteroatoms. The van der Waals surface area contributed by atoms with Gasteiger partial charge in [0.1, 0.15) is 0 Å². The summed E-state index contributed by atoms with van der Waals surface area (Å²) in [6, 6.07) is 7.87. The van der Waals surface area contributed by atoms with Crippen LogP contribution in [-0.2, 0) is 4.79 Å². The molecular weight excluding hydrogens is 238 g/mol. The first-order chi connectivity index (χ1) is 8.15. The van der Waals surface area contributed by atoms with Gasteiger partial charge in [-0.25, -0.2) is 0 Å². The van der Waals surface area contributed by atoms with Crippen LogP contribution in [0.15, 0.2) is 24.3 Å². The van der Waals surface area contributed by atoms with Crippen molar-refractivity contribution in [2.45, 2.75) is 0 Å². The Morgan fingerprint density at radius 3 is 2.71 bits per heavy atom. The van der Waals surface area contributed by atoms with E-state index in [0.717, 1.165) is 36.9 Å². The number of hydrogen-bond donors (Lipinski definition) is 2. The Hall–Kier alpha value is -1.26. The van der Waals surface area contributed by atoms with Crippen LogP contribution in [0.1, 0.15) is 0 Å². The molecule has 0 bridgehead atoms. The van der Waals surface area contributed by atoms with Crippen molar-refractivity contribution < 1.29 is 9.69 Å². The highest BCUT2D eigenvalue weighted by Gasteiger charge is 2.21. The number of quaternary nitrogens is 1. The van der Waals surface area contributed by atoms with Crippen LogP contribution in [0.25, 0.3) is 0 Å². The van der Waals surface area contributed by atoms with Crippen LogP contribution >= 0.6 is 11.6 Å². The number of nitrogens with one attached hydrogen (secondary N) is 1. The zero-order valence-corrected chi connectivity index (χ0v) is 10.4. The number of piperazine rings is 1. The van der Waals surface area contributed by atoms with Gasteiger partial charge in [-0.1, -0.05) is 17.7 Å². The summed E-state index contributed by atoms with van der Waals surface area (Å²) in [5.41, 5.74) is 6.35. The third-order valence-corrected chi connectivity index (χ3v) is 3.30. The number of amides is 1. The molecule has 2 rings (SSSR count). The summed E-state index contributed by atoms with van der Waals surface area (Å²) in [7, 11) is 0. The Bertz CT molecular complexity index is 402. The number of benzene rings is 1. The van der Waals surface area contributed by atoms with E-state index in [9.17, 15) is 4.79 Å². The van der Waals surface area contributed by atoms with E-state index in [4.69, 9.17) is 17.3 Å². The average molecular weight is 255 g/mol. The van der Waals surface area contributed by atoms with Crippen molar-refractivity contribution in [3.63, 3.8) is 0 Å². The van der Waals surface area contributed by atoms with Crippen LogP contribution in [0.5, 0.6) is 0 Å². The van der Waals surface area contributed by atoms with E-state index in [1.54, 1.807) is 0 Å². The minimum atomic E-state index is -0.226. The van der Waals surface area contributed by atoms with Gasteiger partial charge in [-0.05, 0) is 18.2 Å². The molecule has 0 aromatic heterocycles. The molecule has 1 aliphatic heterocycles. The van der Waals surface area contributed by atoms with E-state index in [-0.39, 0.29) is 5.91 Å². The lowest BCUT2D eigenvalue weighted by atomic mass is 10.2. The normalized spacial score (nSPS) is 17.1. The molecule has 1 aromatic carbocycles. The quantitative estimate of drug-likeness (QED) is 0.766. The smallest absolute Gasteiger partial charge is 0.272 e. The number of hydrogen-bond acceptors (Lipinski definition) is 2. The van der Waals surface area contributed by atoms with Gasteiger partial charge in [0, 0.05) is 10.7 Å². The van der Waals surface area contributed by atoms with Gasteiger partial charge in [-0.15, -0.1) is 0 Å². The first-order valence-corrected chi connectivity index (χ1v) is 6.15. The molecule has 92 valence electrons. The standard InChI is InChI=1S/C12H16ClN3O/c13-10-2-1-3-11(8-10)16-6-4-15(5-7-16)9-12(14)17/h1-3,8H,4-7,9H2,(H2,14,17)/p+1. The first kappa shape index (κ1) is 12.2. The maximum atomic E-state index is 10.8. The Morgan fingerprint density at radius 2 is 2.12 bits per heavy atom. The SMILES string of the molecule is NC(=O)C[NH+]1CCN(c2cccc(Cl)c2)CC1. The largest absolute Gasteiger partial charge is 0.365 e. The molecule has 4 nitrogen and oxygen atoms in total. The highest BCUT2D eigenvalue weighted by molar-refractivity contribution is 6.30. The molecule has 0 unspecified atom stereocenters. The van der Waals surface area contributed by atoms with Crippen molar-refractivity contribution in [2.24, 2.45) is 5.73 Å². The molecule has 17 heavy (non-hydrogen) atoms. The van der Waals surface area contributed by atoms with Crippen molar-refractivity contribution in [1.29, 1.82) is 0 Å². The number of halogens is 1. The number of rotatable bonds is 3. The summed E-state index contributed by atoms with van der Waals surface area (Å²) >= 11 is 5.97. The van der Waals surface area contributed by atoms with Crippen LogP contribution < -0.4 is 15.5 Å². The zero-order valence-electron chi connectivity index (χ0n) is 9.66. The summed E-state index contributed by atoms with van der Waals surface area (Å²) < 4.78 is 0. The summed E-state index contributed by atoms with van der Waals surface area (Å²) in [6.45, 7) is 4.18. The summed E-state index contributed by atoms with van der Waals surface area (Å²) in [6.07, 6.45) is 0. The van der Waals surface area contributed by atoms with Gasteiger partial charge in [-0.3, -0.25) is 4.79 Å². The Morgan fingerprint density at radius 1 is 1.41 bits per heavy atom. The molecule has 1 saturated heterocycles. The van der Waals surface area contributed by atoms with Crippen LogP contribution in [0.4, 0.5) is 5.69 Å². The van der Waals surface area contributed by atoms with Gasteiger partial charge in [-0.2, -0.15) is 0 Å². The minimum Gasteiger partial charge on any atom is -0.365 e. The lowest BCUT2D eigenvalue weighted by Gasteiger charge is -2.33. The van der Waals surface area contributed by atoms with Gasteiger partial charge in [0.25, 0.3) is 5.91 Å². The number of carbonyl (C=O) groups excluding carboxylic acids is 1. The van der Waals surface area contributed by atoms with E-state index < -0.39 is 0 Å². The van der Waals surface area contributed by atoms with E-state index in [0.29, 0.717) is 6.54 Å². The predicted octanol–water partition coefficient (Wildman–Crippen LogP) is -0.470. The van der Waals surface area contributed by atoms with Crippen molar-refractivity contribution in [3.05, 3.63) is 29.3 Å². The van der Waals surface area contributed by atoms with Crippen LogP contribution in [0.2, 0.25) is 5.02 Å². The second kappa shape index (κ2) is 5.38. The number of anilines is 1. The fourth-order valence-electron chi connectivity index (χ4n) is 2.18. The summed E-state index contributed by atoms with van der Waals surface area (Å²) in [4.78, 5) is 14.4. The van der Waals surface area contributed by atoms with Gasteiger partial charge in [0.2, 0.25) is 0 Å². The summed E-state index contributed by atoms with van der Waals surface area (Å²) in [5, 5.41) is 0.759. The van der Waals surface area contributed by atoms with Gasteiger partial charge in [0.05, 0.1) is 26.2 Å². The molecule has 1 fully saturated rings. The van der Waals surface area contributed by atoms with Crippen molar-refractivity contribution in [2.75, 3.05) is 37.6 Å². The number of nitrogens with zero attached hydrogens (tertiary/aromatic N) is 1. The number of primary amides is 1. The van der Waals surface area contributed by atoms with E-state index in [1.807, 2.05) is 18.2 Å². The lowest BCUT2D eigenvalue weighted by molar-refractivity contribution is -0.892. The number of nitrogens with two attached hydrogens (primary N) is 1. The monoisotopic (exact) mass is 254 g/mol. The van der Waals surface area contributed by atoms with Gasteiger partial charge < -0.3 is 15.5 Å². The first-order valence-electron chi connectivity index (χ1n) is 5.77. The molecule has 3 N–H and O–H groups in total. The van der Waals surface area contributed by atoms with Gasteiger partial charge in [0.15, 0.2) is 6.54 Å². The molecule has 1 amide bonds. The maximum Gasteiger partial charge on any atom is 0.272 e. The third-order valence-electron chi connectivity index (χ3n) is 3.07. The van der Waals surface area contributed by atoms with Crippen LogP contribution in [0.3, 0.4) is 0 Å². The van der Waals surface area contributed by atoms with E-state index >= 15 is 0 Å². The highest BCUT2D eigenvalue weighted by atomic mass is 35.5.